The summed E-state index contributed by atoms with van der Waals surface area (Å²) in [5, 5.41) is 0. The van der Waals surface area contributed by atoms with Crippen LogP contribution in [0.2, 0.25) is 0 Å². The van der Waals surface area contributed by atoms with E-state index >= 15 is 0 Å². The van der Waals surface area contributed by atoms with Crippen LogP contribution >= 0.6 is 7.82 Å². The van der Waals surface area contributed by atoms with E-state index in [1.807, 2.05) is 0 Å². The number of hydrogen-bond donors (Lipinski definition) is 2. The van der Waals surface area contributed by atoms with Gasteiger partial charge < -0.3 is 9.79 Å². The van der Waals surface area contributed by atoms with Crippen molar-refractivity contribution in [2.75, 3.05) is 13.2 Å². The highest BCUT2D eigenvalue weighted by atomic mass is 31.2. The molecule has 0 aliphatic carbocycles. The van der Waals surface area contributed by atoms with Crippen molar-refractivity contribution in [2.45, 2.75) is 6.92 Å². The second-order valence-electron chi connectivity index (χ2n) is 2.05. The average Bonchev–Trinajstić information content (AvgIpc) is 2.02. The molecular weight excluding hydrogens is 215 g/mol. The summed E-state index contributed by atoms with van der Waals surface area (Å²) >= 11 is 0. The van der Waals surface area contributed by atoms with Gasteiger partial charge in [0.1, 0.15) is 6.61 Å². The highest BCUT2D eigenvalue weighted by molar-refractivity contribution is 7.46. The minimum atomic E-state index is -4.48. The van der Waals surface area contributed by atoms with Gasteiger partial charge in [-0.15, -0.1) is 0 Å². The van der Waals surface area contributed by atoms with Gasteiger partial charge in [0.15, 0.2) is 0 Å². The fourth-order valence-corrected chi connectivity index (χ4v) is 0.766. The Kier molecular flexibility index (Phi) is 6.35. The SMILES string of the molecule is CC=CC(=O)OOCCOP(=O)(O)O. The van der Waals surface area contributed by atoms with Crippen LogP contribution in [-0.4, -0.2) is 29.0 Å². The van der Waals surface area contributed by atoms with Gasteiger partial charge in [-0.3, -0.25) is 9.41 Å². The molecule has 0 aromatic carbocycles. The topological polar surface area (TPSA) is 102 Å². The van der Waals surface area contributed by atoms with Gasteiger partial charge in [0.2, 0.25) is 0 Å². The van der Waals surface area contributed by atoms with Crippen LogP contribution in [-0.2, 0) is 23.7 Å². The number of allylic oxidation sites excluding steroid dienone is 1. The van der Waals surface area contributed by atoms with E-state index in [4.69, 9.17) is 9.79 Å². The molecule has 82 valence electrons. The van der Waals surface area contributed by atoms with Crippen molar-refractivity contribution in [1.82, 2.24) is 0 Å². The van der Waals surface area contributed by atoms with Crippen molar-refractivity contribution in [3.05, 3.63) is 12.2 Å². The normalized spacial score (nSPS) is 11.9. The largest absolute Gasteiger partial charge is 0.469 e. The number of phosphoric acid groups is 1. The van der Waals surface area contributed by atoms with E-state index in [2.05, 4.69) is 14.3 Å². The first kappa shape index (κ1) is 13.3. The van der Waals surface area contributed by atoms with Crippen molar-refractivity contribution in [2.24, 2.45) is 0 Å². The Morgan fingerprint density at radius 1 is 1.43 bits per heavy atom. The second kappa shape index (κ2) is 6.69. The predicted molar refractivity (Wildman–Crippen MR) is 44.9 cm³/mol. The van der Waals surface area contributed by atoms with E-state index in [0.29, 0.717) is 0 Å². The van der Waals surface area contributed by atoms with Gasteiger partial charge in [0, 0.05) is 6.08 Å². The highest BCUT2D eigenvalue weighted by Gasteiger charge is 2.12. The van der Waals surface area contributed by atoms with Gasteiger partial charge in [-0.05, 0) is 6.92 Å². The van der Waals surface area contributed by atoms with Crippen LogP contribution in [0, 0.1) is 0 Å². The van der Waals surface area contributed by atoms with Crippen molar-refractivity contribution in [3.63, 3.8) is 0 Å². The lowest BCUT2D eigenvalue weighted by Crippen LogP contribution is -2.07. The Balaban J connectivity index is 3.39. The Morgan fingerprint density at radius 2 is 2.07 bits per heavy atom. The molecule has 0 saturated heterocycles. The Morgan fingerprint density at radius 3 is 2.57 bits per heavy atom. The maximum absolute atomic E-state index is 10.6. The molecule has 8 heteroatoms. The van der Waals surface area contributed by atoms with Gasteiger partial charge in [-0.25, -0.2) is 9.36 Å². The monoisotopic (exact) mass is 226 g/mol. The Bertz CT molecular complexity index is 243. The second-order valence-corrected chi connectivity index (χ2v) is 3.29. The molecule has 0 aromatic heterocycles. The van der Waals surface area contributed by atoms with Crippen molar-refractivity contribution >= 4 is 13.8 Å². The first-order valence-corrected chi connectivity index (χ1v) is 5.15. The zero-order valence-corrected chi connectivity index (χ0v) is 8.35. The van der Waals surface area contributed by atoms with Crippen LogP contribution in [0.3, 0.4) is 0 Å². The summed E-state index contributed by atoms with van der Waals surface area (Å²) in [4.78, 5) is 35.4. The van der Waals surface area contributed by atoms with Gasteiger partial charge in [0.05, 0.1) is 6.61 Å². The molecule has 0 saturated carbocycles. The predicted octanol–water partition coefficient (Wildman–Crippen LogP) is 0.147. The summed E-state index contributed by atoms with van der Waals surface area (Å²) in [5.74, 6) is -0.705. The van der Waals surface area contributed by atoms with Crippen LogP contribution in [0.25, 0.3) is 0 Å². The van der Waals surface area contributed by atoms with Gasteiger partial charge in [0.25, 0.3) is 0 Å². The van der Waals surface area contributed by atoms with Gasteiger partial charge in [-0.1, -0.05) is 6.08 Å². The van der Waals surface area contributed by atoms with Crippen LogP contribution in [0.5, 0.6) is 0 Å². The maximum Gasteiger partial charge on any atom is 0.469 e. The van der Waals surface area contributed by atoms with Crippen molar-refractivity contribution < 1.29 is 33.4 Å². The standard InChI is InChI=1S/C6H11O7P/c1-2-3-6(7)13-11-4-5-12-14(8,9)10/h2-3H,4-5H2,1H3,(H2,8,9,10). The van der Waals surface area contributed by atoms with Crippen LogP contribution in [0.1, 0.15) is 6.92 Å². The molecule has 0 fully saturated rings. The summed E-state index contributed by atoms with van der Waals surface area (Å²) < 4.78 is 14.1. The van der Waals surface area contributed by atoms with Crippen LogP contribution < -0.4 is 0 Å². The van der Waals surface area contributed by atoms with Crippen LogP contribution in [0.15, 0.2) is 12.2 Å². The summed E-state index contributed by atoms with van der Waals surface area (Å²) in [5.41, 5.74) is 0. The fourth-order valence-electron chi connectivity index (χ4n) is 0.454. The smallest absolute Gasteiger partial charge is 0.303 e. The first-order valence-electron chi connectivity index (χ1n) is 3.62. The molecule has 0 aliphatic heterocycles. The molecule has 0 aliphatic rings. The van der Waals surface area contributed by atoms with E-state index in [9.17, 15) is 9.36 Å². The third kappa shape index (κ3) is 9.37. The van der Waals surface area contributed by atoms with Gasteiger partial charge >= 0.3 is 13.8 Å². The van der Waals surface area contributed by atoms with E-state index < -0.39 is 13.8 Å². The third-order valence-electron chi connectivity index (χ3n) is 0.870. The average molecular weight is 226 g/mol. The van der Waals surface area contributed by atoms with E-state index in [0.717, 1.165) is 6.08 Å². The summed E-state index contributed by atoms with van der Waals surface area (Å²) in [6.07, 6.45) is 2.58. The zero-order chi connectivity index (χ0) is 11.0. The molecule has 0 spiro atoms. The third-order valence-corrected chi connectivity index (χ3v) is 1.39. The molecule has 0 rings (SSSR count). The quantitative estimate of drug-likeness (QED) is 0.218. The summed E-state index contributed by atoms with van der Waals surface area (Å²) in [7, 11) is -4.48. The lowest BCUT2D eigenvalue weighted by molar-refractivity contribution is -0.269. The summed E-state index contributed by atoms with van der Waals surface area (Å²) in [6, 6.07) is 0. The zero-order valence-electron chi connectivity index (χ0n) is 7.45. The number of phosphoric ester groups is 1. The molecule has 7 nitrogen and oxygen atoms in total. The molecule has 2 N–H and O–H groups in total. The molecular formula is C6H11O7P. The number of carbonyl (C=O) groups is 1. The van der Waals surface area contributed by atoms with Gasteiger partial charge in [-0.2, -0.15) is 4.89 Å². The highest BCUT2D eigenvalue weighted by Crippen LogP contribution is 2.35. The first-order chi connectivity index (χ1) is 6.45. The minimum absolute atomic E-state index is 0.256. The molecule has 0 amide bonds. The Hall–Kier alpha value is -0.720. The summed E-state index contributed by atoms with van der Waals surface area (Å²) in [6.45, 7) is 1.000. The molecule has 0 heterocycles. The van der Waals surface area contributed by atoms with E-state index in [1.165, 1.54) is 6.08 Å². The molecule has 0 aromatic rings. The number of carbonyl (C=O) groups excluding carboxylic acids is 1. The molecule has 14 heavy (non-hydrogen) atoms. The fraction of sp³-hybridized carbons (Fsp3) is 0.500. The molecule has 0 radical (unpaired) electrons. The number of hydrogen-bond acceptors (Lipinski definition) is 5. The Labute approximate surface area is 80.4 Å². The minimum Gasteiger partial charge on any atom is -0.303 e. The van der Waals surface area contributed by atoms with Crippen molar-refractivity contribution in [1.29, 1.82) is 0 Å². The molecule has 0 bridgehead atoms. The molecule has 0 unspecified atom stereocenters. The van der Waals surface area contributed by atoms with E-state index in [1.54, 1.807) is 6.92 Å². The molecule has 0 atom stereocenters. The van der Waals surface area contributed by atoms with Crippen LogP contribution in [0.4, 0.5) is 0 Å². The lowest BCUT2D eigenvalue weighted by Gasteiger charge is -2.04. The lowest BCUT2D eigenvalue weighted by atomic mass is 10.5. The van der Waals surface area contributed by atoms with Crippen molar-refractivity contribution in [3.8, 4) is 0 Å². The van der Waals surface area contributed by atoms with E-state index in [-0.39, 0.29) is 13.2 Å². The number of rotatable bonds is 6. The maximum atomic E-state index is 10.6.